The van der Waals surface area contributed by atoms with Gasteiger partial charge in [0.1, 0.15) is 11.5 Å². The third-order valence-corrected chi connectivity index (χ3v) is 5.57. The Morgan fingerprint density at radius 2 is 2.04 bits per heavy atom. The van der Waals surface area contributed by atoms with Gasteiger partial charge in [-0.05, 0) is 67.1 Å². The Balaban J connectivity index is 1.52. The van der Waals surface area contributed by atoms with Crippen molar-refractivity contribution in [2.24, 2.45) is 5.10 Å². The third-order valence-electron chi connectivity index (χ3n) is 4.82. The molecule has 4 rings (SSSR count). The molecule has 3 aromatic rings. The highest BCUT2D eigenvalue weighted by molar-refractivity contribution is 7.14. The van der Waals surface area contributed by atoms with Crippen LogP contribution in [0.3, 0.4) is 0 Å². The molecule has 5 nitrogen and oxygen atoms in total. The molecule has 0 unspecified atom stereocenters. The number of aryl methyl sites for hydroxylation is 2. The highest BCUT2D eigenvalue weighted by Gasteiger charge is 2.12. The van der Waals surface area contributed by atoms with Crippen molar-refractivity contribution in [2.45, 2.75) is 26.2 Å². The number of ether oxygens (including phenoxy) is 1. The number of methoxy groups -OCH3 is 1. The minimum atomic E-state index is 0.172. The molecule has 6 heteroatoms. The molecule has 1 aliphatic rings. The summed E-state index contributed by atoms with van der Waals surface area (Å²) < 4.78 is 5.22. The van der Waals surface area contributed by atoms with E-state index in [1.54, 1.807) is 25.3 Å². The molecule has 2 N–H and O–H groups in total. The zero-order chi connectivity index (χ0) is 18.8. The number of thiazole rings is 1. The molecule has 138 valence electrons. The van der Waals surface area contributed by atoms with Gasteiger partial charge in [-0.3, -0.25) is 5.43 Å². The molecule has 0 atom stereocenters. The maximum atomic E-state index is 10.1. The van der Waals surface area contributed by atoms with Crippen molar-refractivity contribution in [3.05, 3.63) is 58.5 Å². The second-order valence-electron chi connectivity index (χ2n) is 6.57. The monoisotopic (exact) mass is 379 g/mol. The summed E-state index contributed by atoms with van der Waals surface area (Å²) in [7, 11) is 1.60. The summed E-state index contributed by atoms with van der Waals surface area (Å²) in [6.45, 7) is 1.99. The summed E-state index contributed by atoms with van der Waals surface area (Å²) in [5.41, 5.74) is 9.30. The zero-order valence-corrected chi connectivity index (χ0v) is 16.1. The number of anilines is 1. The number of rotatable bonds is 5. The summed E-state index contributed by atoms with van der Waals surface area (Å²) in [4.78, 5) is 4.52. The molecular formula is C21H21N3O2S. The Kier molecular flexibility index (Phi) is 4.81. The van der Waals surface area contributed by atoms with Crippen LogP contribution in [0.15, 0.2) is 46.9 Å². The van der Waals surface area contributed by atoms with Gasteiger partial charge in [0.05, 0.1) is 18.5 Å². The SMILES string of the molecule is COc1ccc(O)c(-c2csc(NN=C(C)c3ccc4c(c3)CCC4)n2)c1. The number of fused-ring (bicyclic) bond motifs is 1. The molecular weight excluding hydrogens is 358 g/mol. The molecule has 0 amide bonds. The lowest BCUT2D eigenvalue weighted by Gasteiger charge is -2.05. The van der Waals surface area contributed by atoms with Gasteiger partial charge in [0, 0.05) is 10.9 Å². The van der Waals surface area contributed by atoms with Crippen LogP contribution in [-0.2, 0) is 12.8 Å². The molecule has 0 bridgehead atoms. The number of hydrogen-bond donors (Lipinski definition) is 2. The van der Waals surface area contributed by atoms with Crippen molar-refractivity contribution in [3.63, 3.8) is 0 Å². The number of aromatic hydroxyl groups is 1. The van der Waals surface area contributed by atoms with Gasteiger partial charge in [-0.2, -0.15) is 5.10 Å². The van der Waals surface area contributed by atoms with E-state index in [1.165, 1.54) is 35.3 Å². The number of nitrogens with zero attached hydrogens (tertiary/aromatic N) is 2. The fourth-order valence-electron chi connectivity index (χ4n) is 3.29. The van der Waals surface area contributed by atoms with E-state index >= 15 is 0 Å². The maximum absolute atomic E-state index is 10.1. The zero-order valence-electron chi connectivity index (χ0n) is 15.3. The smallest absolute Gasteiger partial charge is 0.203 e. The Morgan fingerprint density at radius 1 is 1.19 bits per heavy atom. The van der Waals surface area contributed by atoms with E-state index in [4.69, 9.17) is 4.74 Å². The minimum Gasteiger partial charge on any atom is -0.507 e. The van der Waals surface area contributed by atoms with E-state index in [1.807, 2.05) is 12.3 Å². The summed E-state index contributed by atoms with van der Waals surface area (Å²) >= 11 is 1.44. The van der Waals surface area contributed by atoms with E-state index in [9.17, 15) is 5.11 Å². The average Bonchev–Trinajstić information content (AvgIpc) is 3.35. The van der Waals surface area contributed by atoms with Crippen LogP contribution in [0.2, 0.25) is 0 Å². The van der Waals surface area contributed by atoms with Crippen molar-refractivity contribution in [1.29, 1.82) is 0 Å². The van der Waals surface area contributed by atoms with Gasteiger partial charge in [-0.25, -0.2) is 4.98 Å². The molecule has 0 radical (unpaired) electrons. The largest absolute Gasteiger partial charge is 0.507 e. The molecule has 1 aliphatic carbocycles. The van der Waals surface area contributed by atoms with Gasteiger partial charge in [-0.1, -0.05) is 12.1 Å². The highest BCUT2D eigenvalue weighted by atomic mass is 32.1. The number of hydrazone groups is 1. The van der Waals surface area contributed by atoms with Gasteiger partial charge in [0.25, 0.3) is 0 Å². The number of hydrogen-bond acceptors (Lipinski definition) is 6. The van der Waals surface area contributed by atoms with Crippen LogP contribution >= 0.6 is 11.3 Å². The van der Waals surface area contributed by atoms with Gasteiger partial charge in [-0.15, -0.1) is 11.3 Å². The number of nitrogens with one attached hydrogen (secondary N) is 1. The Morgan fingerprint density at radius 3 is 2.89 bits per heavy atom. The molecule has 1 aromatic heterocycles. The van der Waals surface area contributed by atoms with Crippen LogP contribution in [0.25, 0.3) is 11.3 Å². The van der Waals surface area contributed by atoms with Gasteiger partial charge >= 0.3 is 0 Å². The summed E-state index contributed by atoms with van der Waals surface area (Å²) in [5.74, 6) is 0.848. The average molecular weight is 379 g/mol. The predicted molar refractivity (Wildman–Crippen MR) is 110 cm³/mol. The Labute approximate surface area is 162 Å². The molecule has 0 aliphatic heterocycles. The first kappa shape index (κ1) is 17.5. The third kappa shape index (κ3) is 3.66. The molecule has 0 fully saturated rings. The van der Waals surface area contributed by atoms with E-state index in [0.717, 1.165) is 17.7 Å². The number of benzene rings is 2. The van der Waals surface area contributed by atoms with Crippen molar-refractivity contribution >= 4 is 22.2 Å². The molecule has 0 saturated heterocycles. The van der Waals surface area contributed by atoms with Crippen molar-refractivity contribution in [3.8, 4) is 22.8 Å². The summed E-state index contributed by atoms with van der Waals surface area (Å²) in [6.07, 6.45) is 3.58. The first-order valence-corrected chi connectivity index (χ1v) is 9.77. The second-order valence-corrected chi connectivity index (χ2v) is 7.43. The molecule has 1 heterocycles. The van der Waals surface area contributed by atoms with E-state index in [-0.39, 0.29) is 5.75 Å². The Hall–Kier alpha value is -2.86. The van der Waals surface area contributed by atoms with Crippen molar-refractivity contribution in [1.82, 2.24) is 4.98 Å². The van der Waals surface area contributed by atoms with Crippen LogP contribution in [0, 0.1) is 0 Å². The van der Waals surface area contributed by atoms with Gasteiger partial charge in [0.15, 0.2) is 0 Å². The van der Waals surface area contributed by atoms with Crippen molar-refractivity contribution in [2.75, 3.05) is 12.5 Å². The Bertz CT molecular complexity index is 1010. The highest BCUT2D eigenvalue weighted by Crippen LogP contribution is 2.34. The van der Waals surface area contributed by atoms with Crippen LogP contribution in [0.1, 0.15) is 30.0 Å². The normalized spacial score (nSPS) is 13.5. The first-order valence-electron chi connectivity index (χ1n) is 8.89. The molecule has 0 spiro atoms. The van der Waals surface area contributed by atoms with Crippen LogP contribution in [0.5, 0.6) is 11.5 Å². The van der Waals surface area contributed by atoms with Gasteiger partial charge < -0.3 is 9.84 Å². The standard InChI is InChI=1S/C21H21N3O2S/c1-13(15-7-6-14-4-3-5-16(14)10-15)23-24-21-22-19(12-27-21)18-11-17(26-2)8-9-20(18)25/h6-12,25H,3-5H2,1-2H3,(H,22,24). The van der Waals surface area contributed by atoms with Crippen LogP contribution in [0.4, 0.5) is 5.13 Å². The number of phenolic OH excluding ortho intramolecular Hbond substituents is 1. The molecule has 2 aromatic carbocycles. The quantitative estimate of drug-likeness (QED) is 0.491. The van der Waals surface area contributed by atoms with E-state index in [0.29, 0.717) is 22.1 Å². The van der Waals surface area contributed by atoms with Crippen LogP contribution in [-0.4, -0.2) is 22.9 Å². The van der Waals surface area contributed by atoms with Crippen molar-refractivity contribution < 1.29 is 9.84 Å². The van der Waals surface area contributed by atoms with Crippen LogP contribution < -0.4 is 10.2 Å². The fraction of sp³-hybridized carbons (Fsp3) is 0.238. The number of aromatic nitrogens is 1. The van der Waals surface area contributed by atoms with Gasteiger partial charge in [0.2, 0.25) is 5.13 Å². The maximum Gasteiger partial charge on any atom is 0.203 e. The lowest BCUT2D eigenvalue weighted by Crippen LogP contribution is -2.00. The summed E-state index contributed by atoms with van der Waals surface area (Å²) in [6, 6.07) is 11.7. The lowest BCUT2D eigenvalue weighted by molar-refractivity contribution is 0.412. The van der Waals surface area contributed by atoms with E-state index < -0.39 is 0 Å². The first-order chi connectivity index (χ1) is 13.1. The molecule has 0 saturated carbocycles. The summed E-state index contributed by atoms with van der Waals surface area (Å²) in [5, 5.41) is 17.1. The topological polar surface area (TPSA) is 66.7 Å². The fourth-order valence-corrected chi connectivity index (χ4v) is 3.94. The minimum absolute atomic E-state index is 0.172. The second kappa shape index (κ2) is 7.40. The lowest BCUT2D eigenvalue weighted by atomic mass is 10.0. The van der Waals surface area contributed by atoms with E-state index in [2.05, 4.69) is 33.7 Å². The number of phenols is 1. The molecule has 27 heavy (non-hydrogen) atoms. The predicted octanol–water partition coefficient (Wildman–Crippen LogP) is 4.85.